The van der Waals surface area contributed by atoms with Gasteiger partial charge in [0, 0.05) is 31.2 Å². The number of furan rings is 1. The topological polar surface area (TPSA) is 84.7 Å². The van der Waals surface area contributed by atoms with Crippen LogP contribution < -0.4 is 5.32 Å². The molecule has 4 rings (SSSR count). The third-order valence-corrected chi connectivity index (χ3v) is 6.16. The van der Waals surface area contributed by atoms with Crippen LogP contribution in [0.2, 0.25) is 0 Å². The normalized spacial score (nSPS) is 20.8. The standard InChI is InChI=1S/C22H29N3O4/c1-21(2,3)28-14-19(26)25-8-5-22(6-9-25)11-16(22)12-24-20(27)17-10-15-4-7-23-13-18(15)29-17/h4,7,10,13,16H,5-6,8-9,11-12,14H2,1-3H3,(H,24,27). The van der Waals surface area contributed by atoms with Gasteiger partial charge in [-0.05, 0) is 63.5 Å². The molecule has 2 amide bonds. The Morgan fingerprint density at radius 2 is 2.10 bits per heavy atom. The van der Waals surface area contributed by atoms with Crippen molar-refractivity contribution in [3.05, 3.63) is 30.3 Å². The van der Waals surface area contributed by atoms with E-state index in [1.807, 2.05) is 31.7 Å². The molecule has 1 N–H and O–H groups in total. The van der Waals surface area contributed by atoms with Gasteiger partial charge in [0.25, 0.3) is 5.91 Å². The number of pyridine rings is 1. The summed E-state index contributed by atoms with van der Waals surface area (Å²) in [4.78, 5) is 30.7. The molecule has 29 heavy (non-hydrogen) atoms. The van der Waals surface area contributed by atoms with Crippen LogP contribution in [0, 0.1) is 11.3 Å². The molecule has 2 aromatic heterocycles. The molecule has 7 nitrogen and oxygen atoms in total. The number of carbonyl (C=O) groups excluding carboxylic acids is 2. The number of carbonyl (C=O) groups is 2. The number of hydrogen-bond acceptors (Lipinski definition) is 5. The van der Waals surface area contributed by atoms with Crippen molar-refractivity contribution in [2.24, 2.45) is 11.3 Å². The summed E-state index contributed by atoms with van der Waals surface area (Å²) < 4.78 is 11.2. The number of fused-ring (bicyclic) bond motifs is 1. The Kier molecular flexibility index (Phi) is 5.11. The summed E-state index contributed by atoms with van der Waals surface area (Å²) >= 11 is 0. The van der Waals surface area contributed by atoms with Crippen LogP contribution in [-0.4, -0.2) is 53.5 Å². The summed E-state index contributed by atoms with van der Waals surface area (Å²) in [5.41, 5.74) is 0.586. The van der Waals surface area contributed by atoms with E-state index < -0.39 is 0 Å². The van der Waals surface area contributed by atoms with Crippen molar-refractivity contribution >= 4 is 22.8 Å². The molecule has 2 aliphatic rings. The monoisotopic (exact) mass is 399 g/mol. The molecular weight excluding hydrogens is 370 g/mol. The van der Waals surface area contributed by atoms with Gasteiger partial charge in [0.05, 0.1) is 11.8 Å². The quantitative estimate of drug-likeness (QED) is 0.835. The number of amides is 2. The average Bonchev–Trinajstić information content (AvgIpc) is 3.16. The van der Waals surface area contributed by atoms with E-state index in [9.17, 15) is 9.59 Å². The maximum Gasteiger partial charge on any atom is 0.287 e. The second-order valence-corrected chi connectivity index (χ2v) is 9.28. The lowest BCUT2D eigenvalue weighted by Crippen LogP contribution is -2.42. The van der Waals surface area contributed by atoms with E-state index in [2.05, 4.69) is 10.3 Å². The van der Waals surface area contributed by atoms with E-state index in [4.69, 9.17) is 9.15 Å². The number of hydrogen-bond donors (Lipinski definition) is 1. The molecule has 1 aliphatic heterocycles. The summed E-state index contributed by atoms with van der Waals surface area (Å²) in [6, 6.07) is 3.58. The Morgan fingerprint density at radius 3 is 2.79 bits per heavy atom. The van der Waals surface area contributed by atoms with E-state index in [-0.39, 0.29) is 29.4 Å². The molecule has 1 saturated heterocycles. The van der Waals surface area contributed by atoms with E-state index in [1.54, 1.807) is 18.5 Å². The van der Waals surface area contributed by atoms with Crippen LogP contribution in [0.25, 0.3) is 11.0 Å². The van der Waals surface area contributed by atoms with Crippen molar-refractivity contribution < 1.29 is 18.7 Å². The molecule has 1 spiro atoms. The second-order valence-electron chi connectivity index (χ2n) is 9.28. The average molecular weight is 399 g/mol. The molecular formula is C22H29N3O4. The van der Waals surface area contributed by atoms with Crippen molar-refractivity contribution in [1.82, 2.24) is 15.2 Å². The third kappa shape index (κ3) is 4.45. The van der Waals surface area contributed by atoms with Crippen molar-refractivity contribution in [3.63, 3.8) is 0 Å². The smallest absolute Gasteiger partial charge is 0.287 e. The maximum atomic E-state index is 12.4. The zero-order valence-electron chi connectivity index (χ0n) is 17.4. The van der Waals surface area contributed by atoms with Gasteiger partial charge in [-0.15, -0.1) is 0 Å². The Bertz CT molecular complexity index is 873. The summed E-state index contributed by atoms with van der Waals surface area (Å²) in [7, 11) is 0. The molecule has 0 radical (unpaired) electrons. The molecule has 1 saturated carbocycles. The van der Waals surface area contributed by atoms with Gasteiger partial charge >= 0.3 is 0 Å². The van der Waals surface area contributed by atoms with Crippen LogP contribution in [-0.2, 0) is 9.53 Å². The van der Waals surface area contributed by atoms with E-state index in [0.29, 0.717) is 23.8 Å². The van der Waals surface area contributed by atoms with Gasteiger partial charge in [-0.2, -0.15) is 0 Å². The predicted molar refractivity (Wildman–Crippen MR) is 108 cm³/mol. The highest BCUT2D eigenvalue weighted by Gasteiger charge is 2.54. The molecule has 7 heteroatoms. The second kappa shape index (κ2) is 7.44. The molecule has 0 bridgehead atoms. The lowest BCUT2D eigenvalue weighted by atomic mass is 9.90. The number of piperidine rings is 1. The third-order valence-electron chi connectivity index (χ3n) is 6.16. The van der Waals surface area contributed by atoms with E-state index in [1.165, 1.54) is 0 Å². The van der Waals surface area contributed by atoms with Gasteiger partial charge in [-0.25, -0.2) is 0 Å². The highest BCUT2D eigenvalue weighted by Crippen LogP contribution is 2.59. The van der Waals surface area contributed by atoms with E-state index >= 15 is 0 Å². The van der Waals surface area contributed by atoms with Crippen molar-refractivity contribution in [2.45, 2.75) is 45.6 Å². The molecule has 156 valence electrons. The number of nitrogens with one attached hydrogen (secondary N) is 1. The minimum Gasteiger partial charge on any atom is -0.449 e. The largest absolute Gasteiger partial charge is 0.449 e. The van der Waals surface area contributed by atoms with Crippen molar-refractivity contribution in [1.29, 1.82) is 0 Å². The van der Waals surface area contributed by atoms with Gasteiger partial charge in [0.1, 0.15) is 6.61 Å². The van der Waals surface area contributed by atoms with Crippen LogP contribution >= 0.6 is 0 Å². The predicted octanol–water partition coefficient (Wildman–Crippen LogP) is 3.00. The number of ether oxygens (including phenoxy) is 1. The van der Waals surface area contributed by atoms with E-state index in [0.717, 1.165) is 37.7 Å². The summed E-state index contributed by atoms with van der Waals surface area (Å²) in [5.74, 6) is 0.678. The fourth-order valence-electron chi connectivity index (χ4n) is 4.20. The maximum absolute atomic E-state index is 12.4. The summed E-state index contributed by atoms with van der Waals surface area (Å²) in [5, 5.41) is 3.89. The highest BCUT2D eigenvalue weighted by atomic mass is 16.5. The number of nitrogens with zero attached hydrogens (tertiary/aromatic N) is 2. The first kappa shape index (κ1) is 19.9. The lowest BCUT2D eigenvalue weighted by molar-refractivity contribution is -0.142. The molecule has 1 aliphatic carbocycles. The van der Waals surface area contributed by atoms with Gasteiger partial charge < -0.3 is 19.4 Å². The Morgan fingerprint density at radius 1 is 1.34 bits per heavy atom. The van der Waals surface area contributed by atoms with Crippen molar-refractivity contribution in [3.8, 4) is 0 Å². The zero-order chi connectivity index (χ0) is 20.6. The van der Waals surface area contributed by atoms with Crippen LogP contribution in [0.1, 0.15) is 50.6 Å². The molecule has 1 atom stereocenters. The Balaban J connectivity index is 1.23. The van der Waals surface area contributed by atoms with Gasteiger partial charge in [0.15, 0.2) is 11.3 Å². The minimum absolute atomic E-state index is 0.0691. The fourth-order valence-corrected chi connectivity index (χ4v) is 4.20. The number of likely N-dealkylation sites (tertiary alicyclic amines) is 1. The van der Waals surface area contributed by atoms with Crippen LogP contribution in [0.3, 0.4) is 0 Å². The summed E-state index contributed by atoms with van der Waals surface area (Å²) in [6.45, 7) is 8.20. The fraction of sp³-hybridized carbons (Fsp3) is 0.591. The Labute approximate surface area is 170 Å². The van der Waals surface area contributed by atoms with Crippen LogP contribution in [0.5, 0.6) is 0 Å². The molecule has 2 aromatic rings. The SMILES string of the molecule is CC(C)(C)OCC(=O)N1CCC2(CC1)CC2CNC(=O)c1cc2ccncc2o1. The van der Waals surface area contributed by atoms with Gasteiger partial charge in [-0.3, -0.25) is 14.6 Å². The number of aromatic nitrogens is 1. The summed E-state index contributed by atoms with van der Waals surface area (Å²) in [6.07, 6.45) is 6.39. The number of rotatable bonds is 5. The van der Waals surface area contributed by atoms with Gasteiger partial charge in [-0.1, -0.05) is 0 Å². The van der Waals surface area contributed by atoms with Gasteiger partial charge in [0.2, 0.25) is 5.91 Å². The highest BCUT2D eigenvalue weighted by molar-refractivity contribution is 5.95. The molecule has 2 fully saturated rings. The van der Waals surface area contributed by atoms with Crippen molar-refractivity contribution in [2.75, 3.05) is 26.2 Å². The molecule has 1 unspecified atom stereocenters. The minimum atomic E-state index is -0.303. The van der Waals surface area contributed by atoms with Crippen LogP contribution in [0.15, 0.2) is 28.9 Å². The molecule has 3 heterocycles. The first-order chi connectivity index (χ1) is 13.8. The molecule has 0 aromatic carbocycles. The zero-order valence-corrected chi connectivity index (χ0v) is 17.4. The first-order valence-electron chi connectivity index (χ1n) is 10.3. The Hall–Kier alpha value is -2.41. The van der Waals surface area contributed by atoms with Crippen LogP contribution in [0.4, 0.5) is 0 Å². The first-order valence-corrected chi connectivity index (χ1v) is 10.3. The lowest BCUT2D eigenvalue weighted by Gasteiger charge is -2.33.